The van der Waals surface area contributed by atoms with Crippen LogP contribution in [0.15, 0.2) is 42.5 Å². The molecule has 1 unspecified atom stereocenters. The van der Waals surface area contributed by atoms with Crippen molar-refractivity contribution in [1.29, 1.82) is 0 Å². The number of hydrogen-bond donors (Lipinski definition) is 2. The molecule has 2 aromatic rings. The van der Waals surface area contributed by atoms with E-state index in [1.165, 1.54) is 6.07 Å². The molecule has 0 aliphatic carbocycles. The van der Waals surface area contributed by atoms with Crippen molar-refractivity contribution >= 4 is 0 Å². The highest BCUT2D eigenvalue weighted by atomic mass is 19.1. The van der Waals surface area contributed by atoms with Crippen LogP contribution in [0.1, 0.15) is 24.1 Å². The first-order chi connectivity index (χ1) is 9.61. The molecular weight excluding hydrogens is 257 g/mol. The average Bonchev–Trinajstić information content (AvgIpc) is 2.46. The molecular formula is C16H18FNO2. The van der Waals surface area contributed by atoms with Crippen LogP contribution in [0.5, 0.6) is 11.5 Å². The van der Waals surface area contributed by atoms with Crippen molar-refractivity contribution in [3.63, 3.8) is 0 Å². The second kappa shape index (κ2) is 6.39. The van der Waals surface area contributed by atoms with Crippen LogP contribution in [0.2, 0.25) is 0 Å². The largest absolute Gasteiger partial charge is 0.507 e. The Morgan fingerprint density at radius 1 is 1.25 bits per heavy atom. The highest BCUT2D eigenvalue weighted by Gasteiger charge is 2.10. The van der Waals surface area contributed by atoms with Gasteiger partial charge in [-0.2, -0.15) is 0 Å². The molecule has 3 nitrogen and oxygen atoms in total. The lowest BCUT2D eigenvalue weighted by molar-refractivity contribution is 0.405. The molecule has 0 radical (unpaired) electrons. The van der Waals surface area contributed by atoms with Crippen molar-refractivity contribution in [3.05, 3.63) is 59.4 Å². The number of hydrogen-bond acceptors (Lipinski definition) is 3. The van der Waals surface area contributed by atoms with Crippen LogP contribution in [0.25, 0.3) is 0 Å². The van der Waals surface area contributed by atoms with Crippen LogP contribution in [-0.2, 0) is 6.54 Å². The summed E-state index contributed by atoms with van der Waals surface area (Å²) in [7, 11) is 1.55. The van der Waals surface area contributed by atoms with Gasteiger partial charge in [0.15, 0.2) is 0 Å². The van der Waals surface area contributed by atoms with E-state index in [-0.39, 0.29) is 17.6 Å². The average molecular weight is 275 g/mol. The minimum atomic E-state index is -0.230. The fourth-order valence-electron chi connectivity index (χ4n) is 2.02. The molecule has 0 saturated carbocycles. The molecule has 20 heavy (non-hydrogen) atoms. The van der Waals surface area contributed by atoms with E-state index in [2.05, 4.69) is 5.32 Å². The molecule has 0 spiro atoms. The van der Waals surface area contributed by atoms with E-state index >= 15 is 0 Å². The fraction of sp³-hybridized carbons (Fsp3) is 0.250. The van der Waals surface area contributed by atoms with Crippen LogP contribution in [0.4, 0.5) is 4.39 Å². The number of benzene rings is 2. The molecule has 0 fully saturated rings. The molecule has 0 aliphatic rings. The van der Waals surface area contributed by atoms with E-state index in [1.54, 1.807) is 43.5 Å². The maximum Gasteiger partial charge on any atom is 0.127 e. The summed E-state index contributed by atoms with van der Waals surface area (Å²) in [5.41, 5.74) is 1.36. The molecule has 4 heteroatoms. The topological polar surface area (TPSA) is 41.5 Å². The normalized spacial score (nSPS) is 12.2. The van der Waals surface area contributed by atoms with E-state index < -0.39 is 0 Å². The minimum Gasteiger partial charge on any atom is -0.507 e. The summed E-state index contributed by atoms with van der Waals surface area (Å²) in [5, 5.41) is 13.1. The SMILES string of the molecule is COc1ccc(CNC(C)c2ccccc2F)c(O)c1. The van der Waals surface area contributed by atoms with Gasteiger partial charge in [-0.05, 0) is 19.1 Å². The zero-order valence-electron chi connectivity index (χ0n) is 11.6. The van der Waals surface area contributed by atoms with Crippen molar-refractivity contribution in [1.82, 2.24) is 5.32 Å². The Labute approximate surface area is 118 Å². The van der Waals surface area contributed by atoms with Gasteiger partial charge in [-0.3, -0.25) is 0 Å². The van der Waals surface area contributed by atoms with Gasteiger partial charge in [0.2, 0.25) is 0 Å². The number of rotatable bonds is 5. The highest BCUT2D eigenvalue weighted by Crippen LogP contribution is 2.24. The Morgan fingerprint density at radius 2 is 2.00 bits per heavy atom. The van der Waals surface area contributed by atoms with Gasteiger partial charge >= 0.3 is 0 Å². The molecule has 0 amide bonds. The highest BCUT2D eigenvalue weighted by molar-refractivity contribution is 5.39. The van der Waals surface area contributed by atoms with Gasteiger partial charge in [-0.15, -0.1) is 0 Å². The number of phenolic OH excluding ortho intramolecular Hbond substituents is 1. The van der Waals surface area contributed by atoms with Crippen LogP contribution in [0.3, 0.4) is 0 Å². The van der Waals surface area contributed by atoms with Crippen molar-refractivity contribution in [2.45, 2.75) is 19.5 Å². The van der Waals surface area contributed by atoms with Gasteiger partial charge in [0.05, 0.1) is 7.11 Å². The third-order valence-corrected chi connectivity index (χ3v) is 3.26. The van der Waals surface area contributed by atoms with Crippen LogP contribution >= 0.6 is 0 Å². The minimum absolute atomic E-state index is 0.141. The lowest BCUT2D eigenvalue weighted by Crippen LogP contribution is -2.19. The maximum atomic E-state index is 13.6. The van der Waals surface area contributed by atoms with E-state index in [0.717, 1.165) is 5.56 Å². The molecule has 1 atom stereocenters. The number of aromatic hydroxyl groups is 1. The Kier molecular flexibility index (Phi) is 4.58. The van der Waals surface area contributed by atoms with Crippen LogP contribution in [0, 0.1) is 5.82 Å². The number of nitrogens with one attached hydrogen (secondary N) is 1. The maximum absolute atomic E-state index is 13.6. The zero-order chi connectivity index (χ0) is 14.5. The molecule has 0 heterocycles. The van der Waals surface area contributed by atoms with Gasteiger partial charge in [0, 0.05) is 29.8 Å². The second-order valence-corrected chi connectivity index (χ2v) is 4.62. The number of phenols is 1. The van der Waals surface area contributed by atoms with E-state index in [4.69, 9.17) is 4.74 Å². The quantitative estimate of drug-likeness (QED) is 0.879. The summed E-state index contributed by atoms with van der Waals surface area (Å²) >= 11 is 0. The van der Waals surface area contributed by atoms with E-state index in [9.17, 15) is 9.50 Å². The van der Waals surface area contributed by atoms with E-state index in [0.29, 0.717) is 17.9 Å². The number of halogens is 1. The summed E-state index contributed by atoms with van der Waals surface area (Å²) in [6.07, 6.45) is 0. The summed E-state index contributed by atoms with van der Waals surface area (Å²) in [5.74, 6) is 0.539. The summed E-state index contributed by atoms with van der Waals surface area (Å²) < 4.78 is 18.7. The first-order valence-electron chi connectivity index (χ1n) is 6.45. The van der Waals surface area contributed by atoms with Gasteiger partial charge in [-0.1, -0.05) is 24.3 Å². The molecule has 0 aromatic heterocycles. The smallest absolute Gasteiger partial charge is 0.127 e. The third kappa shape index (κ3) is 3.27. The molecule has 2 N–H and O–H groups in total. The summed E-state index contributed by atoms with van der Waals surface area (Å²) in [6, 6.07) is 11.7. The van der Waals surface area contributed by atoms with Gasteiger partial charge in [0.1, 0.15) is 17.3 Å². The second-order valence-electron chi connectivity index (χ2n) is 4.62. The monoisotopic (exact) mass is 275 g/mol. The van der Waals surface area contributed by atoms with Gasteiger partial charge in [0.25, 0.3) is 0 Å². The number of ether oxygens (including phenoxy) is 1. The van der Waals surface area contributed by atoms with E-state index in [1.807, 2.05) is 6.92 Å². The van der Waals surface area contributed by atoms with Crippen molar-refractivity contribution in [2.75, 3.05) is 7.11 Å². The summed E-state index contributed by atoms with van der Waals surface area (Å²) in [6.45, 7) is 2.34. The molecule has 2 rings (SSSR count). The predicted molar refractivity (Wildman–Crippen MR) is 76.3 cm³/mol. The standard InChI is InChI=1S/C16H18FNO2/c1-11(14-5-3-4-6-15(14)17)18-10-12-7-8-13(20-2)9-16(12)19/h3-9,11,18-19H,10H2,1-2H3. The zero-order valence-corrected chi connectivity index (χ0v) is 11.6. The first-order valence-corrected chi connectivity index (χ1v) is 6.45. The van der Waals surface area contributed by atoms with Crippen LogP contribution in [-0.4, -0.2) is 12.2 Å². The predicted octanol–water partition coefficient (Wildman–Crippen LogP) is 3.39. The Balaban J connectivity index is 2.04. The summed E-state index contributed by atoms with van der Waals surface area (Å²) in [4.78, 5) is 0. The van der Waals surface area contributed by atoms with Crippen molar-refractivity contribution in [2.24, 2.45) is 0 Å². The third-order valence-electron chi connectivity index (χ3n) is 3.26. The molecule has 106 valence electrons. The fourth-order valence-corrected chi connectivity index (χ4v) is 2.02. The lowest BCUT2D eigenvalue weighted by Gasteiger charge is -2.15. The van der Waals surface area contributed by atoms with Gasteiger partial charge in [-0.25, -0.2) is 4.39 Å². The molecule has 0 saturated heterocycles. The first kappa shape index (κ1) is 14.3. The number of methoxy groups -OCH3 is 1. The van der Waals surface area contributed by atoms with Gasteiger partial charge < -0.3 is 15.2 Å². The van der Waals surface area contributed by atoms with Crippen molar-refractivity contribution in [3.8, 4) is 11.5 Å². The molecule has 2 aromatic carbocycles. The lowest BCUT2D eigenvalue weighted by atomic mass is 10.1. The van der Waals surface area contributed by atoms with Crippen molar-refractivity contribution < 1.29 is 14.2 Å². The Hall–Kier alpha value is -2.07. The molecule has 0 bridgehead atoms. The Morgan fingerprint density at radius 3 is 2.65 bits per heavy atom. The van der Waals surface area contributed by atoms with Crippen LogP contribution < -0.4 is 10.1 Å². The molecule has 0 aliphatic heterocycles. The Bertz CT molecular complexity index is 586.